The van der Waals surface area contributed by atoms with Gasteiger partial charge in [0.05, 0.1) is 5.92 Å². The molecule has 1 aliphatic carbocycles. The summed E-state index contributed by atoms with van der Waals surface area (Å²) in [6, 6.07) is 4.08. The third-order valence-corrected chi connectivity index (χ3v) is 5.69. The second-order valence-electron chi connectivity index (χ2n) is 7.61. The highest BCUT2D eigenvalue weighted by Gasteiger charge is 2.34. The Labute approximate surface area is 164 Å². The molecule has 1 atom stereocenters. The van der Waals surface area contributed by atoms with Crippen molar-refractivity contribution >= 4 is 11.8 Å². The second-order valence-corrected chi connectivity index (χ2v) is 7.61. The smallest absolute Gasteiger partial charge is 0.224 e. The fraction of sp³-hybridized carbons (Fsp3) is 0.550. The minimum atomic E-state index is -0.112. The number of carbonyl (C=O) groups is 2. The molecule has 2 aromatic rings. The summed E-state index contributed by atoms with van der Waals surface area (Å²) in [6.07, 6.45) is 9.64. The van der Waals surface area contributed by atoms with Crippen LogP contribution in [0.25, 0.3) is 11.4 Å². The average molecular weight is 382 g/mol. The molecule has 28 heavy (non-hydrogen) atoms. The van der Waals surface area contributed by atoms with Gasteiger partial charge in [-0.3, -0.25) is 19.7 Å². The molecule has 0 bridgehead atoms. The van der Waals surface area contributed by atoms with Gasteiger partial charge in [-0.2, -0.15) is 5.10 Å². The first-order valence-corrected chi connectivity index (χ1v) is 10.1. The highest BCUT2D eigenvalue weighted by atomic mass is 16.2. The Kier molecular flexibility index (Phi) is 5.64. The van der Waals surface area contributed by atoms with Crippen LogP contribution in [0.5, 0.6) is 0 Å². The normalized spacial score (nSPS) is 20.5. The largest absolute Gasteiger partial charge is 0.355 e. The zero-order valence-electron chi connectivity index (χ0n) is 15.9. The molecule has 2 amide bonds. The molecule has 8 heteroatoms. The van der Waals surface area contributed by atoms with Crippen molar-refractivity contribution in [3.8, 4) is 11.4 Å². The summed E-state index contributed by atoms with van der Waals surface area (Å²) in [7, 11) is 0. The number of hydrogen-bond acceptors (Lipinski definition) is 5. The van der Waals surface area contributed by atoms with Gasteiger partial charge in [-0.1, -0.05) is 12.8 Å². The van der Waals surface area contributed by atoms with E-state index in [9.17, 15) is 9.59 Å². The van der Waals surface area contributed by atoms with Crippen LogP contribution in [0.1, 0.15) is 44.3 Å². The van der Waals surface area contributed by atoms with Crippen molar-refractivity contribution in [3.63, 3.8) is 0 Å². The first-order valence-electron chi connectivity index (χ1n) is 10.1. The third kappa shape index (κ3) is 4.21. The number of nitrogens with one attached hydrogen (secondary N) is 2. The Morgan fingerprint density at radius 1 is 1.29 bits per heavy atom. The number of hydrogen-bond donors (Lipinski definition) is 2. The number of likely N-dealkylation sites (tertiary alicyclic amines) is 1. The molecule has 2 N–H and O–H groups in total. The van der Waals surface area contributed by atoms with Crippen LogP contribution in [-0.2, 0) is 16.0 Å². The van der Waals surface area contributed by atoms with E-state index < -0.39 is 0 Å². The van der Waals surface area contributed by atoms with Crippen LogP contribution < -0.4 is 5.32 Å². The molecule has 4 rings (SSSR count). The highest BCUT2D eigenvalue weighted by Crippen LogP contribution is 2.28. The summed E-state index contributed by atoms with van der Waals surface area (Å²) >= 11 is 0. The maximum absolute atomic E-state index is 12.6. The van der Waals surface area contributed by atoms with Crippen LogP contribution in [0, 0.1) is 5.92 Å². The molecular formula is C20H26N6O2. The van der Waals surface area contributed by atoms with Gasteiger partial charge < -0.3 is 10.2 Å². The first kappa shape index (κ1) is 18.6. The average Bonchev–Trinajstić information content (AvgIpc) is 3.41. The summed E-state index contributed by atoms with van der Waals surface area (Å²) in [4.78, 5) is 35.3. The fourth-order valence-electron chi connectivity index (χ4n) is 4.13. The third-order valence-electron chi connectivity index (χ3n) is 5.69. The molecule has 2 fully saturated rings. The lowest BCUT2D eigenvalue weighted by Gasteiger charge is -2.36. The summed E-state index contributed by atoms with van der Waals surface area (Å²) < 4.78 is 0. The number of rotatable bonds is 6. The van der Waals surface area contributed by atoms with Crippen LogP contribution >= 0.6 is 0 Å². The number of amides is 2. The van der Waals surface area contributed by atoms with Gasteiger partial charge >= 0.3 is 0 Å². The van der Waals surface area contributed by atoms with E-state index in [0.29, 0.717) is 44.2 Å². The van der Waals surface area contributed by atoms with E-state index in [1.165, 1.54) is 12.8 Å². The van der Waals surface area contributed by atoms with Crippen LogP contribution in [0.15, 0.2) is 24.5 Å². The van der Waals surface area contributed by atoms with Crippen molar-refractivity contribution in [3.05, 3.63) is 30.4 Å². The molecule has 148 valence electrons. The van der Waals surface area contributed by atoms with E-state index >= 15 is 0 Å². The van der Waals surface area contributed by atoms with Crippen LogP contribution in [0.4, 0.5) is 0 Å². The Bertz CT molecular complexity index is 815. The SMILES string of the molecule is O=C(NCCc1nc(-c2cccnc2)n[nH]1)[C@H]1CCC(=O)N(C2CCCC2)C1. The van der Waals surface area contributed by atoms with Gasteiger partial charge in [0.15, 0.2) is 5.82 Å². The number of H-pyrrole nitrogens is 1. The fourth-order valence-corrected chi connectivity index (χ4v) is 4.13. The Morgan fingerprint density at radius 3 is 2.93 bits per heavy atom. The van der Waals surface area contributed by atoms with Gasteiger partial charge in [-0.25, -0.2) is 4.98 Å². The number of aromatic amines is 1. The second kappa shape index (κ2) is 8.50. The van der Waals surface area contributed by atoms with Gasteiger partial charge in [-0.15, -0.1) is 0 Å². The summed E-state index contributed by atoms with van der Waals surface area (Å²) in [5.74, 6) is 1.46. The van der Waals surface area contributed by atoms with Crippen LogP contribution in [0.3, 0.4) is 0 Å². The first-order chi connectivity index (χ1) is 13.7. The maximum atomic E-state index is 12.6. The van der Waals surface area contributed by atoms with Crippen molar-refractivity contribution in [1.82, 2.24) is 30.4 Å². The predicted molar refractivity (Wildman–Crippen MR) is 103 cm³/mol. The maximum Gasteiger partial charge on any atom is 0.224 e. The molecular weight excluding hydrogens is 356 g/mol. The predicted octanol–water partition coefficient (Wildman–Crippen LogP) is 1.71. The van der Waals surface area contributed by atoms with E-state index in [2.05, 4.69) is 25.5 Å². The monoisotopic (exact) mass is 382 g/mol. The lowest BCUT2D eigenvalue weighted by Crippen LogP contribution is -2.49. The molecule has 1 saturated heterocycles. The van der Waals surface area contributed by atoms with Gasteiger partial charge in [0.2, 0.25) is 11.8 Å². The summed E-state index contributed by atoms with van der Waals surface area (Å²) in [5, 5.41) is 10.1. The summed E-state index contributed by atoms with van der Waals surface area (Å²) in [6.45, 7) is 1.05. The molecule has 2 aliphatic rings. The molecule has 8 nitrogen and oxygen atoms in total. The van der Waals surface area contributed by atoms with Gasteiger partial charge in [0, 0.05) is 49.9 Å². The number of nitrogens with zero attached hydrogens (tertiary/aromatic N) is 4. The lowest BCUT2D eigenvalue weighted by atomic mass is 9.95. The van der Waals surface area contributed by atoms with Crippen LogP contribution in [-0.4, -0.2) is 56.0 Å². The van der Waals surface area contributed by atoms with E-state index in [1.54, 1.807) is 12.4 Å². The minimum absolute atomic E-state index is 0.0301. The van der Waals surface area contributed by atoms with Gasteiger partial charge in [0.1, 0.15) is 5.82 Å². The van der Waals surface area contributed by atoms with Gasteiger partial charge in [-0.05, 0) is 31.4 Å². The Balaban J connectivity index is 1.26. The van der Waals surface area contributed by atoms with E-state index in [1.807, 2.05) is 17.0 Å². The van der Waals surface area contributed by atoms with Crippen molar-refractivity contribution in [2.24, 2.45) is 5.92 Å². The van der Waals surface area contributed by atoms with Crippen molar-refractivity contribution in [2.45, 2.75) is 51.0 Å². The van der Waals surface area contributed by atoms with Crippen molar-refractivity contribution in [2.75, 3.05) is 13.1 Å². The zero-order chi connectivity index (χ0) is 19.3. The number of piperidine rings is 1. The topological polar surface area (TPSA) is 104 Å². The molecule has 0 spiro atoms. The quantitative estimate of drug-likeness (QED) is 0.791. The van der Waals surface area contributed by atoms with E-state index in [0.717, 1.165) is 24.2 Å². The van der Waals surface area contributed by atoms with Crippen molar-refractivity contribution in [1.29, 1.82) is 0 Å². The Morgan fingerprint density at radius 2 is 2.14 bits per heavy atom. The lowest BCUT2D eigenvalue weighted by molar-refractivity contribution is -0.140. The Hall–Kier alpha value is -2.77. The number of pyridine rings is 1. The highest BCUT2D eigenvalue weighted by molar-refractivity contribution is 5.84. The zero-order valence-corrected chi connectivity index (χ0v) is 15.9. The molecule has 1 saturated carbocycles. The van der Waals surface area contributed by atoms with Gasteiger partial charge in [0.25, 0.3) is 0 Å². The number of aromatic nitrogens is 4. The standard InChI is InChI=1S/C20H26N6O2/c27-18-8-7-15(13-26(18)16-5-1-2-6-16)20(28)22-11-9-17-23-19(25-24-17)14-4-3-10-21-12-14/h3-4,10,12,15-16H,1-2,5-9,11,13H2,(H,22,28)(H,23,24,25)/t15-/m0/s1. The molecule has 3 heterocycles. The molecule has 2 aromatic heterocycles. The summed E-state index contributed by atoms with van der Waals surface area (Å²) in [5.41, 5.74) is 0.855. The molecule has 1 aliphatic heterocycles. The minimum Gasteiger partial charge on any atom is -0.355 e. The number of carbonyl (C=O) groups excluding carboxylic acids is 2. The van der Waals surface area contributed by atoms with E-state index in [4.69, 9.17) is 0 Å². The van der Waals surface area contributed by atoms with E-state index in [-0.39, 0.29) is 17.7 Å². The van der Waals surface area contributed by atoms with Crippen molar-refractivity contribution < 1.29 is 9.59 Å². The molecule has 0 aromatic carbocycles. The molecule has 0 unspecified atom stereocenters. The van der Waals surface area contributed by atoms with Crippen LogP contribution in [0.2, 0.25) is 0 Å². The molecule has 0 radical (unpaired) electrons.